The SMILES string of the molecule is CC1=C(COC(=O)ON2C(=O)CCC2=O)OC(O)O1. The number of rotatable bonds is 3. The van der Waals surface area contributed by atoms with Crippen molar-refractivity contribution in [1.82, 2.24) is 5.06 Å². The van der Waals surface area contributed by atoms with Gasteiger partial charge < -0.3 is 19.3 Å². The Balaban J connectivity index is 1.81. The zero-order valence-corrected chi connectivity index (χ0v) is 9.95. The van der Waals surface area contributed by atoms with Crippen molar-refractivity contribution in [3.05, 3.63) is 11.5 Å². The highest BCUT2D eigenvalue weighted by Gasteiger charge is 2.33. The van der Waals surface area contributed by atoms with E-state index in [9.17, 15) is 14.4 Å². The van der Waals surface area contributed by atoms with Gasteiger partial charge in [0.25, 0.3) is 11.8 Å². The summed E-state index contributed by atoms with van der Waals surface area (Å²) in [6.45, 7) is -0.275. The molecular formula is C10H11NO8. The highest BCUT2D eigenvalue weighted by atomic mass is 16.8. The van der Waals surface area contributed by atoms with E-state index >= 15 is 0 Å². The smallest absolute Gasteiger partial charge is 0.433 e. The summed E-state index contributed by atoms with van der Waals surface area (Å²) in [7, 11) is 0. The van der Waals surface area contributed by atoms with E-state index in [0.717, 1.165) is 0 Å². The van der Waals surface area contributed by atoms with Crippen molar-refractivity contribution in [3.8, 4) is 0 Å². The first kappa shape index (κ1) is 13.1. The van der Waals surface area contributed by atoms with Crippen LogP contribution in [0.2, 0.25) is 0 Å². The summed E-state index contributed by atoms with van der Waals surface area (Å²) in [6, 6.07) is 0. The number of aliphatic hydroxyl groups excluding tert-OH is 1. The molecule has 1 saturated heterocycles. The first-order valence-electron chi connectivity index (χ1n) is 5.39. The molecule has 0 bridgehead atoms. The predicted molar refractivity (Wildman–Crippen MR) is 54.4 cm³/mol. The Bertz CT molecular complexity index is 440. The molecule has 0 aliphatic carbocycles. The molecule has 19 heavy (non-hydrogen) atoms. The quantitative estimate of drug-likeness (QED) is 0.553. The van der Waals surface area contributed by atoms with Gasteiger partial charge in [-0.25, -0.2) is 4.79 Å². The van der Waals surface area contributed by atoms with Crippen molar-refractivity contribution >= 4 is 18.0 Å². The number of nitrogens with zero attached hydrogens (tertiary/aromatic N) is 1. The molecule has 104 valence electrons. The summed E-state index contributed by atoms with van der Waals surface area (Å²) in [6.07, 6.45) is -1.23. The zero-order chi connectivity index (χ0) is 14.0. The lowest BCUT2D eigenvalue weighted by atomic mass is 10.4. The number of imide groups is 1. The number of carbonyl (C=O) groups is 3. The second kappa shape index (κ2) is 5.14. The molecule has 2 aliphatic heterocycles. The largest absolute Gasteiger partial charge is 0.534 e. The van der Waals surface area contributed by atoms with Crippen LogP contribution >= 0.6 is 0 Å². The van der Waals surface area contributed by atoms with Gasteiger partial charge >= 0.3 is 12.6 Å². The highest BCUT2D eigenvalue weighted by Crippen LogP contribution is 2.20. The van der Waals surface area contributed by atoms with E-state index in [0.29, 0.717) is 5.06 Å². The van der Waals surface area contributed by atoms with Gasteiger partial charge in [0.05, 0.1) is 0 Å². The molecule has 0 aromatic carbocycles. The number of amides is 2. The van der Waals surface area contributed by atoms with Crippen molar-refractivity contribution in [2.24, 2.45) is 0 Å². The minimum atomic E-state index is -1.43. The van der Waals surface area contributed by atoms with Gasteiger partial charge in [-0.1, -0.05) is 5.06 Å². The van der Waals surface area contributed by atoms with Crippen molar-refractivity contribution in [2.75, 3.05) is 6.61 Å². The molecule has 2 aliphatic rings. The Morgan fingerprint density at radius 2 is 2.00 bits per heavy atom. The average molecular weight is 273 g/mol. The first-order valence-corrected chi connectivity index (χ1v) is 5.39. The molecule has 1 atom stereocenters. The minimum absolute atomic E-state index is 0.000478. The number of aliphatic hydroxyl groups is 1. The Hall–Kier alpha value is -2.29. The van der Waals surface area contributed by atoms with Gasteiger partial charge in [-0.3, -0.25) is 14.4 Å². The Morgan fingerprint density at radius 1 is 1.37 bits per heavy atom. The molecule has 9 heteroatoms. The lowest BCUT2D eigenvalue weighted by Crippen LogP contribution is -2.32. The molecule has 0 aromatic heterocycles. The summed E-state index contributed by atoms with van der Waals surface area (Å²) in [5.74, 6) is -0.835. The van der Waals surface area contributed by atoms with E-state index in [-0.39, 0.29) is 31.0 Å². The van der Waals surface area contributed by atoms with Gasteiger partial charge in [-0.05, 0) is 6.92 Å². The topological polar surface area (TPSA) is 112 Å². The molecule has 1 fully saturated rings. The maximum Gasteiger partial charge on any atom is 0.534 e. The molecule has 1 N–H and O–H groups in total. The Labute approximate surface area is 107 Å². The number of hydrogen-bond acceptors (Lipinski definition) is 8. The van der Waals surface area contributed by atoms with E-state index in [2.05, 4.69) is 9.57 Å². The summed E-state index contributed by atoms with van der Waals surface area (Å²) in [4.78, 5) is 38.0. The monoisotopic (exact) mass is 273 g/mol. The lowest BCUT2D eigenvalue weighted by Gasteiger charge is -2.12. The van der Waals surface area contributed by atoms with E-state index in [1.165, 1.54) is 6.92 Å². The number of carbonyl (C=O) groups excluding carboxylic acids is 3. The highest BCUT2D eigenvalue weighted by molar-refractivity contribution is 6.01. The van der Waals surface area contributed by atoms with E-state index in [1.807, 2.05) is 0 Å². The molecule has 2 heterocycles. The molecule has 0 aromatic rings. The molecule has 0 saturated carbocycles. The maximum atomic E-state index is 11.3. The van der Waals surface area contributed by atoms with Crippen molar-refractivity contribution in [3.63, 3.8) is 0 Å². The van der Waals surface area contributed by atoms with Gasteiger partial charge in [0.2, 0.25) is 0 Å². The fraction of sp³-hybridized carbons (Fsp3) is 0.500. The molecule has 2 amide bonds. The van der Waals surface area contributed by atoms with Crippen LogP contribution < -0.4 is 0 Å². The van der Waals surface area contributed by atoms with E-state index < -0.39 is 24.4 Å². The van der Waals surface area contributed by atoms with Crippen LogP contribution in [0.3, 0.4) is 0 Å². The van der Waals surface area contributed by atoms with Crippen molar-refractivity contribution in [1.29, 1.82) is 0 Å². The number of hydroxylamine groups is 2. The van der Waals surface area contributed by atoms with Crippen molar-refractivity contribution < 1.29 is 38.5 Å². The minimum Gasteiger partial charge on any atom is -0.433 e. The zero-order valence-electron chi connectivity index (χ0n) is 9.95. The second-order valence-electron chi connectivity index (χ2n) is 3.73. The third kappa shape index (κ3) is 2.94. The number of ether oxygens (including phenoxy) is 3. The third-order valence-corrected chi connectivity index (χ3v) is 2.41. The summed E-state index contributed by atoms with van der Waals surface area (Å²) >= 11 is 0. The van der Waals surface area contributed by atoms with Crippen LogP contribution in [-0.4, -0.2) is 41.2 Å². The molecule has 2 rings (SSSR count). The van der Waals surface area contributed by atoms with Crippen LogP contribution in [0, 0.1) is 0 Å². The normalized spacial score (nSPS) is 22.4. The van der Waals surface area contributed by atoms with Gasteiger partial charge in [-0.2, -0.15) is 0 Å². The first-order chi connectivity index (χ1) is 8.97. The maximum absolute atomic E-state index is 11.3. The van der Waals surface area contributed by atoms with Gasteiger partial charge in [0, 0.05) is 12.8 Å². The standard InChI is InChI=1S/C10H11NO8/c1-5-6(18-10(15)17-5)4-16-9(14)19-11-7(12)2-3-8(11)13/h10,15H,2-4H2,1H3. The second-order valence-corrected chi connectivity index (χ2v) is 3.73. The van der Waals surface area contributed by atoms with Crippen LogP contribution in [0.15, 0.2) is 11.5 Å². The van der Waals surface area contributed by atoms with Gasteiger partial charge in [-0.15, -0.1) is 0 Å². The summed E-state index contributed by atoms with van der Waals surface area (Å²) in [5.41, 5.74) is 0. The number of hydrogen-bond donors (Lipinski definition) is 1. The Kier molecular flexibility index (Phi) is 3.56. The van der Waals surface area contributed by atoms with Crippen LogP contribution in [0.25, 0.3) is 0 Å². The Morgan fingerprint density at radius 3 is 2.53 bits per heavy atom. The van der Waals surface area contributed by atoms with Gasteiger partial charge in [0.1, 0.15) is 5.76 Å². The average Bonchev–Trinajstić information content (AvgIpc) is 2.83. The number of allylic oxidation sites excluding steroid dienone is 1. The fourth-order valence-corrected chi connectivity index (χ4v) is 1.46. The van der Waals surface area contributed by atoms with E-state index in [4.69, 9.17) is 14.6 Å². The van der Waals surface area contributed by atoms with Crippen LogP contribution in [-0.2, 0) is 28.6 Å². The lowest BCUT2D eigenvalue weighted by molar-refractivity contribution is -0.195. The fourth-order valence-electron chi connectivity index (χ4n) is 1.46. The van der Waals surface area contributed by atoms with Crippen LogP contribution in [0.1, 0.15) is 19.8 Å². The van der Waals surface area contributed by atoms with E-state index in [1.54, 1.807) is 0 Å². The van der Waals surface area contributed by atoms with Crippen molar-refractivity contribution in [2.45, 2.75) is 26.2 Å². The molecular weight excluding hydrogens is 262 g/mol. The summed E-state index contributed by atoms with van der Waals surface area (Å²) in [5, 5.41) is 9.34. The van der Waals surface area contributed by atoms with Crippen LogP contribution in [0.4, 0.5) is 4.79 Å². The predicted octanol–water partition coefficient (Wildman–Crippen LogP) is -0.242. The summed E-state index contributed by atoms with van der Waals surface area (Å²) < 4.78 is 14.1. The molecule has 1 unspecified atom stereocenters. The molecule has 9 nitrogen and oxygen atoms in total. The molecule has 0 spiro atoms. The molecule has 0 radical (unpaired) electrons. The van der Waals surface area contributed by atoms with Crippen LogP contribution in [0.5, 0.6) is 0 Å². The third-order valence-electron chi connectivity index (χ3n) is 2.41. The van der Waals surface area contributed by atoms with Gasteiger partial charge in [0.15, 0.2) is 12.4 Å².